The lowest BCUT2D eigenvalue weighted by Gasteiger charge is -2.20. The van der Waals surface area contributed by atoms with E-state index < -0.39 is 23.3 Å². The molecule has 1 atom stereocenters. The van der Waals surface area contributed by atoms with Gasteiger partial charge < -0.3 is 14.7 Å². The first kappa shape index (κ1) is 18.3. The van der Waals surface area contributed by atoms with Gasteiger partial charge in [0.1, 0.15) is 0 Å². The van der Waals surface area contributed by atoms with Crippen molar-refractivity contribution in [2.75, 3.05) is 28.2 Å². The van der Waals surface area contributed by atoms with Crippen LogP contribution in [0.25, 0.3) is 0 Å². The molecule has 0 radical (unpaired) electrons. The summed E-state index contributed by atoms with van der Waals surface area (Å²) in [5.41, 5.74) is -0.961. The summed E-state index contributed by atoms with van der Waals surface area (Å²) in [6.45, 7) is 4.55. The maximum atomic E-state index is 10.6. The summed E-state index contributed by atoms with van der Waals surface area (Å²) in [6, 6.07) is 0. The Hall–Kier alpha value is -1.10. The Morgan fingerprint density at radius 1 is 1.12 bits per heavy atom. The Balaban J connectivity index is 0. The van der Waals surface area contributed by atoms with Gasteiger partial charge >= 0.3 is 11.9 Å². The number of hydrogen-bond acceptors (Lipinski definition) is 2. The molecule has 0 aromatic heterocycles. The van der Waals surface area contributed by atoms with Crippen molar-refractivity contribution in [3.05, 3.63) is 0 Å². The lowest BCUT2D eigenvalue weighted by Crippen LogP contribution is -2.28. The molecule has 0 spiro atoms. The molecule has 1 unspecified atom stereocenters. The molecule has 5 nitrogen and oxygen atoms in total. The van der Waals surface area contributed by atoms with Crippen molar-refractivity contribution < 1.29 is 24.3 Å². The first-order valence-electron chi connectivity index (χ1n) is 5.52. The molecular weight excluding hydrogens is 222 g/mol. The minimum Gasteiger partial charge on any atom is -0.481 e. The zero-order valence-corrected chi connectivity index (χ0v) is 11.9. The molecule has 0 fully saturated rings. The third kappa shape index (κ3) is 12.8. The Kier molecular flexibility index (Phi) is 7.08. The summed E-state index contributed by atoms with van der Waals surface area (Å²) in [5, 5.41) is 17.2. The van der Waals surface area contributed by atoms with Crippen molar-refractivity contribution in [1.29, 1.82) is 0 Å². The van der Waals surface area contributed by atoms with Crippen LogP contribution in [-0.4, -0.2) is 54.8 Å². The zero-order chi connectivity index (χ0) is 14.4. The Morgan fingerprint density at radius 3 is 1.59 bits per heavy atom. The molecule has 5 heteroatoms. The van der Waals surface area contributed by atoms with E-state index in [1.54, 1.807) is 0 Å². The fourth-order valence-corrected chi connectivity index (χ4v) is 0.940. The van der Waals surface area contributed by atoms with Gasteiger partial charge in [-0.1, -0.05) is 6.92 Å². The first-order chi connectivity index (χ1) is 7.27. The third-order valence-corrected chi connectivity index (χ3v) is 1.82. The SMILES string of the molecule is CC(CC(C)(C)C(=O)O)C(=O)O.C[N+](C)(C)C. The Morgan fingerprint density at radius 2 is 1.41 bits per heavy atom. The first-order valence-corrected chi connectivity index (χ1v) is 5.52. The number of carbonyl (C=O) groups is 2. The van der Waals surface area contributed by atoms with Gasteiger partial charge in [-0.2, -0.15) is 0 Å². The van der Waals surface area contributed by atoms with Crippen LogP contribution in [0.15, 0.2) is 0 Å². The predicted molar refractivity (Wildman–Crippen MR) is 66.8 cm³/mol. The van der Waals surface area contributed by atoms with Gasteiger partial charge in [0.2, 0.25) is 0 Å². The molecule has 102 valence electrons. The molecule has 0 aromatic rings. The van der Waals surface area contributed by atoms with E-state index in [2.05, 4.69) is 28.2 Å². The molecule has 0 saturated heterocycles. The zero-order valence-electron chi connectivity index (χ0n) is 11.9. The van der Waals surface area contributed by atoms with Crippen molar-refractivity contribution in [2.24, 2.45) is 11.3 Å². The number of aliphatic carboxylic acids is 2. The summed E-state index contributed by atoms with van der Waals surface area (Å²) < 4.78 is 1.00. The van der Waals surface area contributed by atoms with Gasteiger partial charge in [0, 0.05) is 0 Å². The van der Waals surface area contributed by atoms with E-state index in [1.807, 2.05) is 0 Å². The standard InChI is InChI=1S/C8H14O4.C4H12N/c1-5(6(9)10)4-8(2,3)7(11)12;1-5(2,3)4/h5H,4H2,1-3H3,(H,9,10)(H,11,12);1-4H3/q;+1. The molecule has 0 heterocycles. The van der Waals surface area contributed by atoms with E-state index in [0.717, 1.165) is 4.48 Å². The van der Waals surface area contributed by atoms with Gasteiger partial charge in [0.15, 0.2) is 0 Å². The summed E-state index contributed by atoms with van der Waals surface area (Å²) in [6.07, 6.45) is 0.150. The Labute approximate surface area is 104 Å². The van der Waals surface area contributed by atoms with Gasteiger partial charge in [-0.05, 0) is 20.3 Å². The number of carboxylic acids is 2. The van der Waals surface area contributed by atoms with E-state index in [4.69, 9.17) is 10.2 Å². The number of hydrogen-bond donors (Lipinski definition) is 2. The van der Waals surface area contributed by atoms with Crippen LogP contribution in [-0.2, 0) is 9.59 Å². The van der Waals surface area contributed by atoms with Crippen LogP contribution in [0.4, 0.5) is 0 Å². The molecule has 2 N–H and O–H groups in total. The molecule has 0 bridgehead atoms. The average Bonchev–Trinajstić information content (AvgIpc) is 1.99. The van der Waals surface area contributed by atoms with Crippen LogP contribution in [0, 0.1) is 11.3 Å². The number of rotatable bonds is 4. The molecule has 0 aliphatic rings. The molecule has 17 heavy (non-hydrogen) atoms. The maximum Gasteiger partial charge on any atom is 0.309 e. The van der Waals surface area contributed by atoms with Crippen LogP contribution in [0.2, 0.25) is 0 Å². The topological polar surface area (TPSA) is 74.6 Å². The van der Waals surface area contributed by atoms with Crippen molar-refractivity contribution in [2.45, 2.75) is 27.2 Å². The smallest absolute Gasteiger partial charge is 0.309 e. The van der Waals surface area contributed by atoms with Crippen molar-refractivity contribution in [3.8, 4) is 0 Å². The molecular formula is C12H26NO4+. The lowest BCUT2D eigenvalue weighted by atomic mass is 9.83. The fraction of sp³-hybridized carbons (Fsp3) is 0.833. The predicted octanol–water partition coefficient (Wildman–Crippen LogP) is 1.53. The molecule has 0 amide bonds. The monoisotopic (exact) mass is 248 g/mol. The molecule has 0 rings (SSSR count). The molecule has 0 aliphatic heterocycles. The van der Waals surface area contributed by atoms with Crippen LogP contribution in [0.1, 0.15) is 27.2 Å². The van der Waals surface area contributed by atoms with Crippen molar-refractivity contribution in [1.82, 2.24) is 0 Å². The van der Waals surface area contributed by atoms with Crippen LogP contribution in [0.5, 0.6) is 0 Å². The van der Waals surface area contributed by atoms with Crippen molar-refractivity contribution in [3.63, 3.8) is 0 Å². The molecule has 0 aliphatic carbocycles. The lowest BCUT2D eigenvalue weighted by molar-refractivity contribution is -0.849. The van der Waals surface area contributed by atoms with Gasteiger partial charge in [-0.3, -0.25) is 9.59 Å². The molecule has 0 aromatic carbocycles. The normalized spacial score (nSPS) is 13.4. The highest BCUT2D eigenvalue weighted by Crippen LogP contribution is 2.25. The number of nitrogens with zero attached hydrogens (tertiary/aromatic N) is 1. The second-order valence-electron chi connectivity index (χ2n) is 6.32. The highest BCUT2D eigenvalue weighted by atomic mass is 16.4. The fourth-order valence-electron chi connectivity index (χ4n) is 0.940. The van der Waals surface area contributed by atoms with Gasteiger partial charge in [0.05, 0.1) is 39.5 Å². The highest BCUT2D eigenvalue weighted by molar-refractivity contribution is 5.75. The quantitative estimate of drug-likeness (QED) is 0.740. The van der Waals surface area contributed by atoms with Gasteiger partial charge in [-0.25, -0.2) is 0 Å². The summed E-state index contributed by atoms with van der Waals surface area (Å²) in [4.78, 5) is 21.0. The van der Waals surface area contributed by atoms with E-state index in [-0.39, 0.29) is 6.42 Å². The maximum absolute atomic E-state index is 10.6. The van der Waals surface area contributed by atoms with E-state index in [0.29, 0.717) is 0 Å². The Bertz CT molecular complexity index is 260. The summed E-state index contributed by atoms with van der Waals surface area (Å²) in [5.74, 6) is -2.53. The van der Waals surface area contributed by atoms with Crippen LogP contribution in [0.3, 0.4) is 0 Å². The average molecular weight is 248 g/mol. The second-order valence-corrected chi connectivity index (χ2v) is 6.32. The minimum atomic E-state index is -0.962. The number of carboxylic acid groups (broad SMARTS) is 2. The van der Waals surface area contributed by atoms with E-state index in [9.17, 15) is 9.59 Å². The van der Waals surface area contributed by atoms with E-state index >= 15 is 0 Å². The summed E-state index contributed by atoms with van der Waals surface area (Å²) in [7, 11) is 8.50. The van der Waals surface area contributed by atoms with Crippen LogP contribution < -0.4 is 0 Å². The highest BCUT2D eigenvalue weighted by Gasteiger charge is 2.31. The molecule has 0 saturated carbocycles. The van der Waals surface area contributed by atoms with Gasteiger partial charge in [-0.15, -0.1) is 0 Å². The second kappa shape index (κ2) is 6.59. The van der Waals surface area contributed by atoms with E-state index in [1.165, 1.54) is 20.8 Å². The van der Waals surface area contributed by atoms with Crippen molar-refractivity contribution >= 4 is 11.9 Å². The minimum absolute atomic E-state index is 0.150. The van der Waals surface area contributed by atoms with Crippen LogP contribution >= 0.6 is 0 Å². The third-order valence-electron chi connectivity index (χ3n) is 1.82. The largest absolute Gasteiger partial charge is 0.481 e. The number of quaternary nitrogens is 1. The van der Waals surface area contributed by atoms with Gasteiger partial charge in [0.25, 0.3) is 0 Å². The summed E-state index contributed by atoms with van der Waals surface area (Å²) >= 11 is 0.